The summed E-state index contributed by atoms with van der Waals surface area (Å²) in [7, 11) is -3.96. The first-order chi connectivity index (χ1) is 12.3. The third kappa shape index (κ3) is 6.11. The van der Waals surface area contributed by atoms with E-state index in [0.717, 1.165) is 6.08 Å². The smallest absolute Gasteiger partial charge is 0.206 e. The number of allylic oxidation sites excluding steroid dienone is 3. The van der Waals surface area contributed by atoms with E-state index in [1.54, 1.807) is 32.0 Å². The van der Waals surface area contributed by atoms with Crippen molar-refractivity contribution in [2.24, 2.45) is 5.73 Å². The monoisotopic (exact) mass is 382 g/mol. The summed E-state index contributed by atoms with van der Waals surface area (Å²) in [5.74, 6) is -0.505. The first-order valence-corrected chi connectivity index (χ1v) is 10.4. The number of nitrogen functional groups attached to an aromatic ring is 1. The molecule has 0 aliphatic rings. The Hall–Kier alpha value is -1.92. The summed E-state index contributed by atoms with van der Waals surface area (Å²) in [6.07, 6.45) is 3.56. The maximum Gasteiger partial charge on any atom is 0.206 e. The Morgan fingerprint density at radius 2 is 1.88 bits per heavy atom. The van der Waals surface area contributed by atoms with Gasteiger partial charge in [0.25, 0.3) is 0 Å². The van der Waals surface area contributed by atoms with Crippen LogP contribution < -0.4 is 11.5 Å². The van der Waals surface area contributed by atoms with Crippen molar-refractivity contribution in [3.05, 3.63) is 58.8 Å². The van der Waals surface area contributed by atoms with Gasteiger partial charge in [0.15, 0.2) is 0 Å². The van der Waals surface area contributed by atoms with Gasteiger partial charge in [-0.1, -0.05) is 52.5 Å². The van der Waals surface area contributed by atoms with E-state index < -0.39 is 15.7 Å². The average molecular weight is 383 g/mol. The molecule has 0 heterocycles. The van der Waals surface area contributed by atoms with Crippen LogP contribution >= 0.6 is 0 Å². The molecular formula is C20H31FN2O2S. The van der Waals surface area contributed by atoms with Crippen LogP contribution in [0, 0.1) is 0 Å². The van der Waals surface area contributed by atoms with Gasteiger partial charge in [-0.3, -0.25) is 0 Å². The molecule has 6 heteroatoms. The predicted octanol–water partition coefficient (Wildman–Crippen LogP) is 4.74. The van der Waals surface area contributed by atoms with Gasteiger partial charge in [-0.2, -0.15) is 0 Å². The lowest BCUT2D eigenvalue weighted by atomic mass is 10.0. The van der Waals surface area contributed by atoms with Crippen molar-refractivity contribution in [3.63, 3.8) is 0 Å². The molecule has 0 amide bonds. The summed E-state index contributed by atoms with van der Waals surface area (Å²) < 4.78 is 39.5. The fourth-order valence-corrected chi connectivity index (χ4v) is 3.78. The number of anilines is 1. The molecule has 0 aromatic heterocycles. The lowest BCUT2D eigenvalue weighted by Gasteiger charge is -2.15. The fourth-order valence-electron chi connectivity index (χ4n) is 2.30. The first kappa shape index (κ1) is 24.1. The molecule has 0 saturated heterocycles. The number of hydrogen-bond donors (Lipinski definition) is 2. The lowest BCUT2D eigenvalue weighted by molar-refractivity contribution is 0.599. The third-order valence-corrected chi connectivity index (χ3v) is 5.31. The summed E-state index contributed by atoms with van der Waals surface area (Å²) in [4.78, 5) is -0.236. The van der Waals surface area contributed by atoms with Crippen LogP contribution in [0.15, 0.2) is 47.7 Å². The van der Waals surface area contributed by atoms with Crippen LogP contribution in [0.3, 0.4) is 0 Å². The molecule has 4 nitrogen and oxygen atoms in total. The Kier molecular flexibility index (Phi) is 10.8. The third-order valence-electron chi connectivity index (χ3n) is 3.55. The van der Waals surface area contributed by atoms with Gasteiger partial charge in [0.1, 0.15) is 5.83 Å². The Morgan fingerprint density at radius 3 is 2.38 bits per heavy atom. The zero-order chi connectivity index (χ0) is 20.3. The molecule has 0 spiro atoms. The minimum absolute atomic E-state index is 0.101. The van der Waals surface area contributed by atoms with Gasteiger partial charge in [-0.05, 0) is 43.5 Å². The zero-order valence-corrected chi connectivity index (χ0v) is 17.0. The van der Waals surface area contributed by atoms with E-state index >= 15 is 0 Å². The second-order valence-corrected chi connectivity index (χ2v) is 7.28. The maximum absolute atomic E-state index is 13.7. The molecule has 0 radical (unpaired) electrons. The molecular weight excluding hydrogens is 351 g/mol. The van der Waals surface area contributed by atoms with Crippen molar-refractivity contribution in [1.29, 1.82) is 0 Å². The first-order valence-electron chi connectivity index (χ1n) is 8.87. The van der Waals surface area contributed by atoms with Crippen molar-refractivity contribution in [2.45, 2.75) is 47.0 Å². The molecule has 0 saturated carbocycles. The van der Waals surface area contributed by atoms with Gasteiger partial charge in [0, 0.05) is 11.3 Å². The molecule has 1 aromatic rings. The van der Waals surface area contributed by atoms with E-state index in [4.69, 9.17) is 11.5 Å². The average Bonchev–Trinajstić information content (AvgIpc) is 2.62. The molecule has 4 N–H and O–H groups in total. The molecule has 0 bridgehead atoms. The standard InChI is InChI=1S/C18H25FN2O2S.C2H6/c1-4-7-16(12-15(19)5-2)24(22,23)13(3)18-14(10-11-20)8-6-9-17(18)21;1-2/h6-9,12H,3-5,10-11,20-21H2,1-2H3;1-2H3/b15-12+,16-7+;. The number of nitrogens with two attached hydrogens (primary N) is 2. The topological polar surface area (TPSA) is 86.2 Å². The highest BCUT2D eigenvalue weighted by atomic mass is 32.2. The van der Waals surface area contributed by atoms with Gasteiger partial charge >= 0.3 is 0 Å². The number of benzene rings is 1. The lowest BCUT2D eigenvalue weighted by Crippen LogP contribution is -2.11. The van der Waals surface area contributed by atoms with Crippen molar-refractivity contribution in [3.8, 4) is 0 Å². The highest BCUT2D eigenvalue weighted by molar-refractivity contribution is 8.04. The molecule has 1 rings (SSSR count). The van der Waals surface area contributed by atoms with E-state index in [1.165, 1.54) is 6.08 Å². The van der Waals surface area contributed by atoms with Crippen molar-refractivity contribution >= 4 is 20.4 Å². The molecule has 0 fully saturated rings. The molecule has 26 heavy (non-hydrogen) atoms. The van der Waals surface area contributed by atoms with Gasteiger partial charge in [-0.25, -0.2) is 12.8 Å². The maximum atomic E-state index is 13.7. The summed E-state index contributed by atoms with van der Waals surface area (Å²) in [5, 5.41) is 0. The zero-order valence-electron chi connectivity index (χ0n) is 16.2. The summed E-state index contributed by atoms with van der Waals surface area (Å²) in [5.41, 5.74) is 12.9. The largest absolute Gasteiger partial charge is 0.398 e. The van der Waals surface area contributed by atoms with Gasteiger partial charge in [0.05, 0.1) is 9.81 Å². The second kappa shape index (κ2) is 11.6. The second-order valence-electron chi connectivity index (χ2n) is 5.31. The quantitative estimate of drug-likeness (QED) is 0.502. The predicted molar refractivity (Wildman–Crippen MR) is 111 cm³/mol. The van der Waals surface area contributed by atoms with Crippen LogP contribution in [-0.2, 0) is 16.3 Å². The van der Waals surface area contributed by atoms with E-state index in [-0.39, 0.29) is 16.2 Å². The summed E-state index contributed by atoms with van der Waals surface area (Å²) in [6.45, 7) is 11.5. The normalized spacial score (nSPS) is 12.4. The summed E-state index contributed by atoms with van der Waals surface area (Å²) >= 11 is 0. The van der Waals surface area contributed by atoms with Crippen LogP contribution in [0.1, 0.15) is 51.7 Å². The summed E-state index contributed by atoms with van der Waals surface area (Å²) in [6, 6.07) is 5.12. The van der Waals surface area contributed by atoms with Crippen molar-refractivity contribution in [2.75, 3.05) is 12.3 Å². The van der Waals surface area contributed by atoms with Crippen molar-refractivity contribution in [1.82, 2.24) is 0 Å². The van der Waals surface area contributed by atoms with Gasteiger partial charge < -0.3 is 11.5 Å². The fraction of sp³-hybridized carbons (Fsp3) is 0.400. The van der Waals surface area contributed by atoms with Crippen LogP contribution in [0.2, 0.25) is 0 Å². The molecule has 0 unspecified atom stereocenters. The molecule has 1 aromatic carbocycles. The van der Waals surface area contributed by atoms with E-state index in [0.29, 0.717) is 36.2 Å². The highest BCUT2D eigenvalue weighted by Gasteiger charge is 2.25. The Bertz CT molecular complexity index is 766. The van der Waals surface area contributed by atoms with E-state index in [2.05, 4.69) is 6.58 Å². The molecule has 0 atom stereocenters. The molecule has 0 aliphatic carbocycles. The Labute approximate surface area is 157 Å². The number of halogens is 1. The number of sulfone groups is 1. The van der Waals surface area contributed by atoms with Crippen LogP contribution in [0.5, 0.6) is 0 Å². The number of hydrogen-bond acceptors (Lipinski definition) is 4. The minimum Gasteiger partial charge on any atom is -0.398 e. The SMILES string of the molecule is C=C(c1c(N)cccc1CCN)S(=O)(=O)C(/C=C(/F)CC)=C/CC.CC. The number of rotatable bonds is 8. The highest BCUT2D eigenvalue weighted by Crippen LogP contribution is 2.33. The Morgan fingerprint density at radius 1 is 1.27 bits per heavy atom. The molecule has 146 valence electrons. The Balaban J connectivity index is 0.00000301. The van der Waals surface area contributed by atoms with Gasteiger partial charge in [0.2, 0.25) is 9.84 Å². The van der Waals surface area contributed by atoms with E-state index in [1.807, 2.05) is 13.8 Å². The van der Waals surface area contributed by atoms with Crippen LogP contribution in [0.4, 0.5) is 10.1 Å². The van der Waals surface area contributed by atoms with Crippen LogP contribution in [0.25, 0.3) is 4.91 Å². The molecule has 0 aliphatic heterocycles. The van der Waals surface area contributed by atoms with Crippen molar-refractivity contribution < 1.29 is 12.8 Å². The van der Waals surface area contributed by atoms with E-state index in [9.17, 15) is 12.8 Å². The van der Waals surface area contributed by atoms with Gasteiger partial charge in [-0.15, -0.1) is 0 Å². The minimum atomic E-state index is -3.96. The van der Waals surface area contributed by atoms with Crippen LogP contribution in [-0.4, -0.2) is 15.0 Å².